The SMILES string of the molecule is CSCCC(NC(=O)C(CCCCN)NC(=O)C(Cc1c[nH]c2ccccc12)NC(=O)C(N)Cc1cnc[nH]1)C(=O)O. The summed E-state index contributed by atoms with van der Waals surface area (Å²) in [5.74, 6) is -2.36. The highest BCUT2D eigenvalue weighted by molar-refractivity contribution is 7.98. The molecule has 14 heteroatoms. The molecule has 3 amide bonds. The van der Waals surface area contributed by atoms with Crippen LogP contribution in [-0.4, -0.2) is 86.5 Å². The molecule has 4 unspecified atom stereocenters. The van der Waals surface area contributed by atoms with Crippen LogP contribution in [0.4, 0.5) is 0 Å². The topological polar surface area (TPSA) is 221 Å². The fourth-order valence-electron chi connectivity index (χ4n) is 4.53. The molecule has 0 radical (unpaired) electrons. The summed E-state index contributed by atoms with van der Waals surface area (Å²) in [6.07, 6.45) is 8.62. The first-order valence-corrected chi connectivity index (χ1v) is 15.2. The van der Waals surface area contributed by atoms with Crippen molar-refractivity contribution in [3.05, 3.63) is 54.2 Å². The maximum atomic E-state index is 13.7. The number of nitrogens with one attached hydrogen (secondary N) is 5. The number of unbranched alkanes of at least 4 members (excludes halogenated alkanes) is 1. The molecule has 10 N–H and O–H groups in total. The minimum absolute atomic E-state index is 0.126. The summed E-state index contributed by atoms with van der Waals surface area (Å²) in [6, 6.07) is 3.42. The van der Waals surface area contributed by atoms with Gasteiger partial charge in [0, 0.05) is 41.8 Å². The van der Waals surface area contributed by atoms with Gasteiger partial charge in [0.1, 0.15) is 18.1 Å². The number of nitrogens with zero attached hydrogens (tertiary/aromatic N) is 1. The van der Waals surface area contributed by atoms with E-state index in [4.69, 9.17) is 11.5 Å². The van der Waals surface area contributed by atoms with Gasteiger partial charge in [-0.1, -0.05) is 18.2 Å². The fourth-order valence-corrected chi connectivity index (χ4v) is 5.01. The van der Waals surface area contributed by atoms with E-state index in [1.807, 2.05) is 30.5 Å². The van der Waals surface area contributed by atoms with Crippen molar-refractivity contribution in [3.63, 3.8) is 0 Å². The molecule has 42 heavy (non-hydrogen) atoms. The predicted molar refractivity (Wildman–Crippen MR) is 162 cm³/mol. The van der Waals surface area contributed by atoms with Gasteiger partial charge in [0.25, 0.3) is 0 Å². The third-order valence-electron chi connectivity index (χ3n) is 6.87. The van der Waals surface area contributed by atoms with E-state index in [1.165, 1.54) is 18.1 Å². The number of aliphatic carboxylic acids is 1. The van der Waals surface area contributed by atoms with Crippen LogP contribution in [0.15, 0.2) is 43.0 Å². The Bertz CT molecular complexity index is 1310. The van der Waals surface area contributed by atoms with Gasteiger partial charge in [-0.2, -0.15) is 11.8 Å². The number of carboxylic acids is 1. The van der Waals surface area contributed by atoms with Crippen molar-refractivity contribution in [2.45, 2.75) is 62.7 Å². The van der Waals surface area contributed by atoms with E-state index in [9.17, 15) is 24.3 Å². The van der Waals surface area contributed by atoms with Crippen molar-refractivity contribution in [1.29, 1.82) is 0 Å². The number of fused-ring (bicyclic) bond motifs is 1. The number of imidazole rings is 1. The second-order valence-electron chi connectivity index (χ2n) is 10.0. The number of carboxylic acid groups (broad SMARTS) is 1. The molecule has 0 aliphatic rings. The molecule has 0 fully saturated rings. The summed E-state index contributed by atoms with van der Waals surface area (Å²) in [6.45, 7) is 0.404. The minimum atomic E-state index is -1.15. The summed E-state index contributed by atoms with van der Waals surface area (Å²) >= 11 is 1.47. The molecule has 0 bridgehead atoms. The first-order valence-electron chi connectivity index (χ1n) is 13.8. The molecule has 0 saturated carbocycles. The van der Waals surface area contributed by atoms with Crippen LogP contribution in [0, 0.1) is 0 Å². The van der Waals surface area contributed by atoms with E-state index in [2.05, 4.69) is 30.9 Å². The molecule has 3 rings (SSSR count). The van der Waals surface area contributed by atoms with Gasteiger partial charge in [-0.25, -0.2) is 9.78 Å². The van der Waals surface area contributed by atoms with Crippen LogP contribution in [0.1, 0.15) is 36.9 Å². The lowest BCUT2D eigenvalue weighted by molar-refractivity contribution is -0.142. The Morgan fingerprint density at radius 2 is 1.67 bits per heavy atom. The predicted octanol–water partition coefficient (Wildman–Crippen LogP) is 0.425. The lowest BCUT2D eigenvalue weighted by Crippen LogP contribution is -2.57. The quantitative estimate of drug-likeness (QED) is 0.0947. The van der Waals surface area contributed by atoms with Gasteiger partial charge in [-0.15, -0.1) is 0 Å². The van der Waals surface area contributed by atoms with Crippen LogP contribution in [0.2, 0.25) is 0 Å². The number of rotatable bonds is 18. The van der Waals surface area contributed by atoms with Crippen molar-refractivity contribution < 1.29 is 24.3 Å². The van der Waals surface area contributed by atoms with E-state index in [1.54, 1.807) is 12.4 Å². The number of hydrogen-bond donors (Lipinski definition) is 8. The van der Waals surface area contributed by atoms with Crippen LogP contribution in [0.25, 0.3) is 10.9 Å². The number of thioether (sulfide) groups is 1. The number of aromatic amines is 2. The second-order valence-corrected chi connectivity index (χ2v) is 11.0. The molecule has 228 valence electrons. The Balaban J connectivity index is 1.81. The monoisotopic (exact) mass is 600 g/mol. The molecule has 0 spiro atoms. The van der Waals surface area contributed by atoms with Gasteiger partial charge >= 0.3 is 5.97 Å². The van der Waals surface area contributed by atoms with Crippen molar-refractivity contribution in [1.82, 2.24) is 30.9 Å². The van der Waals surface area contributed by atoms with E-state index in [-0.39, 0.29) is 25.7 Å². The molecule has 0 aliphatic carbocycles. The minimum Gasteiger partial charge on any atom is -0.480 e. The van der Waals surface area contributed by atoms with E-state index in [0.717, 1.165) is 16.5 Å². The molecule has 2 aromatic heterocycles. The number of hydrogen-bond acceptors (Lipinski definition) is 8. The Hall–Kier alpha value is -3.88. The van der Waals surface area contributed by atoms with Gasteiger partial charge in [0.05, 0.1) is 12.4 Å². The summed E-state index contributed by atoms with van der Waals surface area (Å²) in [7, 11) is 0. The van der Waals surface area contributed by atoms with Crippen molar-refractivity contribution in [2.75, 3.05) is 18.6 Å². The molecule has 1 aromatic carbocycles. The second kappa shape index (κ2) is 16.5. The molecule has 3 aromatic rings. The van der Waals surface area contributed by atoms with Crippen LogP contribution in [-0.2, 0) is 32.0 Å². The van der Waals surface area contributed by atoms with Gasteiger partial charge in [-0.3, -0.25) is 14.4 Å². The number of carbonyl (C=O) groups excluding carboxylic acids is 3. The van der Waals surface area contributed by atoms with E-state index in [0.29, 0.717) is 30.8 Å². The third-order valence-corrected chi connectivity index (χ3v) is 7.51. The largest absolute Gasteiger partial charge is 0.480 e. The molecular formula is C28H40N8O5S. The van der Waals surface area contributed by atoms with Gasteiger partial charge in [-0.05, 0) is 55.9 Å². The van der Waals surface area contributed by atoms with Gasteiger partial charge < -0.3 is 42.5 Å². The third kappa shape index (κ3) is 9.60. The van der Waals surface area contributed by atoms with Gasteiger partial charge in [0.2, 0.25) is 17.7 Å². The Morgan fingerprint density at radius 3 is 2.36 bits per heavy atom. The van der Waals surface area contributed by atoms with Gasteiger partial charge in [0.15, 0.2) is 0 Å². The van der Waals surface area contributed by atoms with Crippen LogP contribution < -0.4 is 27.4 Å². The maximum absolute atomic E-state index is 13.7. The lowest BCUT2D eigenvalue weighted by atomic mass is 10.0. The average molecular weight is 601 g/mol. The number of carbonyl (C=O) groups is 4. The molecule has 13 nitrogen and oxygen atoms in total. The summed E-state index contributed by atoms with van der Waals surface area (Å²) in [5.41, 5.74) is 14.1. The standard InChI is InChI=1S/C28H40N8O5S/c1-42-11-9-23(28(40)41)35-26(38)22(8-4-5-10-29)34-27(39)24(12-17-14-32-21-7-3-2-6-19(17)21)36-25(37)20(30)13-18-15-31-16-33-18/h2-3,6-7,14-16,20,22-24,32H,4-5,8-13,29-30H2,1H3,(H,31,33)(H,34,39)(H,35,38)(H,36,37)(H,40,41). The Labute approximate surface area is 248 Å². The zero-order valence-corrected chi connectivity index (χ0v) is 24.4. The average Bonchev–Trinajstić information content (AvgIpc) is 3.64. The molecule has 2 heterocycles. The number of nitrogens with two attached hydrogens (primary N) is 2. The van der Waals surface area contributed by atoms with Crippen molar-refractivity contribution in [3.8, 4) is 0 Å². The van der Waals surface area contributed by atoms with Crippen LogP contribution >= 0.6 is 11.8 Å². The highest BCUT2D eigenvalue weighted by Crippen LogP contribution is 2.19. The highest BCUT2D eigenvalue weighted by atomic mass is 32.2. The smallest absolute Gasteiger partial charge is 0.326 e. The van der Waals surface area contributed by atoms with E-state index < -0.39 is 47.9 Å². The zero-order chi connectivity index (χ0) is 30.5. The lowest BCUT2D eigenvalue weighted by Gasteiger charge is -2.25. The Kier molecular flexibility index (Phi) is 12.8. The molecule has 0 saturated heterocycles. The number of amides is 3. The zero-order valence-electron chi connectivity index (χ0n) is 23.6. The molecular weight excluding hydrogens is 560 g/mol. The summed E-state index contributed by atoms with van der Waals surface area (Å²) in [4.78, 5) is 61.8. The first-order chi connectivity index (χ1) is 20.2. The van der Waals surface area contributed by atoms with Crippen LogP contribution in [0.5, 0.6) is 0 Å². The Morgan fingerprint density at radius 1 is 0.952 bits per heavy atom. The highest BCUT2D eigenvalue weighted by Gasteiger charge is 2.31. The number of para-hydroxylation sites is 1. The number of benzene rings is 1. The fraction of sp³-hybridized carbons (Fsp3) is 0.464. The van der Waals surface area contributed by atoms with E-state index >= 15 is 0 Å². The molecule has 0 aliphatic heterocycles. The summed E-state index contributed by atoms with van der Waals surface area (Å²) < 4.78 is 0. The first kappa shape index (κ1) is 32.6. The number of aromatic nitrogens is 3. The van der Waals surface area contributed by atoms with Crippen molar-refractivity contribution in [2.24, 2.45) is 11.5 Å². The molecule has 4 atom stereocenters. The normalized spacial score (nSPS) is 14.1. The summed E-state index contributed by atoms with van der Waals surface area (Å²) in [5, 5.41) is 18.6. The maximum Gasteiger partial charge on any atom is 0.326 e. The van der Waals surface area contributed by atoms with Crippen molar-refractivity contribution >= 4 is 46.4 Å². The van der Waals surface area contributed by atoms with Crippen LogP contribution in [0.3, 0.4) is 0 Å². The number of H-pyrrole nitrogens is 2.